The van der Waals surface area contributed by atoms with E-state index in [0.29, 0.717) is 24.5 Å². The molecule has 32 heavy (non-hydrogen) atoms. The van der Waals surface area contributed by atoms with Crippen LogP contribution in [0.1, 0.15) is 49.9 Å². The number of nitrogens with zero attached hydrogens (tertiary/aromatic N) is 3. The number of nitriles is 1. The van der Waals surface area contributed by atoms with Crippen molar-refractivity contribution in [2.24, 2.45) is 5.73 Å². The molecule has 1 aromatic carbocycles. The smallest absolute Gasteiger partial charge is 0.258 e. The van der Waals surface area contributed by atoms with Gasteiger partial charge in [0, 0.05) is 18.3 Å². The first-order valence-corrected chi connectivity index (χ1v) is 11.2. The molecule has 0 bridgehead atoms. The normalized spacial score (nSPS) is 15.3. The summed E-state index contributed by atoms with van der Waals surface area (Å²) < 4.78 is 13.0. The Morgan fingerprint density at radius 3 is 2.50 bits per heavy atom. The Morgan fingerprint density at radius 1 is 1.22 bits per heavy atom. The van der Waals surface area contributed by atoms with Crippen molar-refractivity contribution in [3.05, 3.63) is 69.0 Å². The summed E-state index contributed by atoms with van der Waals surface area (Å²) in [4.78, 5) is 16.0. The molecule has 0 aliphatic carbocycles. The molecule has 2 heterocycles. The fourth-order valence-electron chi connectivity index (χ4n) is 4.21. The van der Waals surface area contributed by atoms with Gasteiger partial charge < -0.3 is 24.7 Å². The molecule has 2 N–H and O–H groups in total. The fourth-order valence-corrected chi connectivity index (χ4v) is 4.21. The van der Waals surface area contributed by atoms with Gasteiger partial charge in [0.25, 0.3) is 5.56 Å². The summed E-state index contributed by atoms with van der Waals surface area (Å²) in [6.07, 6.45) is 0.860. The van der Waals surface area contributed by atoms with E-state index in [-0.39, 0.29) is 17.0 Å². The van der Waals surface area contributed by atoms with Crippen molar-refractivity contribution >= 4 is 0 Å². The Balaban J connectivity index is 2.04. The van der Waals surface area contributed by atoms with E-state index in [0.717, 1.165) is 43.1 Å². The highest BCUT2D eigenvalue weighted by molar-refractivity contribution is 5.55. The number of rotatable bonds is 9. The quantitative estimate of drug-likeness (QED) is 0.647. The van der Waals surface area contributed by atoms with Crippen LogP contribution in [0.2, 0.25) is 0 Å². The zero-order valence-electron chi connectivity index (χ0n) is 19.4. The van der Waals surface area contributed by atoms with Crippen LogP contribution in [0.3, 0.4) is 0 Å². The fraction of sp³-hybridized carbons (Fsp3) is 0.440. The summed E-state index contributed by atoms with van der Waals surface area (Å²) >= 11 is 0. The van der Waals surface area contributed by atoms with Gasteiger partial charge in [0.05, 0.1) is 18.1 Å². The van der Waals surface area contributed by atoms with Gasteiger partial charge in [-0.2, -0.15) is 5.26 Å². The van der Waals surface area contributed by atoms with Gasteiger partial charge in [-0.1, -0.05) is 26.0 Å². The molecule has 7 nitrogen and oxygen atoms in total. The van der Waals surface area contributed by atoms with Crippen LogP contribution in [0, 0.1) is 18.3 Å². The number of benzene rings is 1. The Bertz CT molecular complexity index is 1080. The minimum Gasteiger partial charge on any atom is -0.494 e. The molecule has 0 saturated carbocycles. The predicted molar refractivity (Wildman–Crippen MR) is 125 cm³/mol. The molecule has 1 aliphatic rings. The number of nitrogens with two attached hydrogens (primary N) is 1. The third kappa shape index (κ3) is 4.66. The number of hydrogen-bond donors (Lipinski definition) is 1. The van der Waals surface area contributed by atoms with Gasteiger partial charge in [0.1, 0.15) is 23.1 Å². The third-order valence-corrected chi connectivity index (χ3v) is 5.96. The van der Waals surface area contributed by atoms with Gasteiger partial charge in [-0.05, 0) is 57.6 Å². The van der Waals surface area contributed by atoms with E-state index in [4.69, 9.17) is 15.2 Å². The second-order valence-electron chi connectivity index (χ2n) is 7.83. The molecule has 1 aromatic heterocycles. The minimum atomic E-state index is -0.582. The molecule has 0 radical (unpaired) electrons. The average Bonchev–Trinajstić information content (AvgIpc) is 2.78. The van der Waals surface area contributed by atoms with E-state index >= 15 is 0 Å². The molecule has 0 amide bonds. The Hall–Kier alpha value is -3.24. The van der Waals surface area contributed by atoms with Crippen molar-refractivity contribution in [3.8, 4) is 17.6 Å². The van der Waals surface area contributed by atoms with E-state index < -0.39 is 5.92 Å². The first kappa shape index (κ1) is 23.4. The second kappa shape index (κ2) is 10.4. The summed E-state index contributed by atoms with van der Waals surface area (Å²) in [5.74, 6) is 0.609. The predicted octanol–water partition coefficient (Wildman–Crippen LogP) is 3.51. The van der Waals surface area contributed by atoms with Gasteiger partial charge in [0.15, 0.2) is 0 Å². The van der Waals surface area contributed by atoms with Gasteiger partial charge in [0.2, 0.25) is 5.88 Å². The molecule has 7 heteroatoms. The van der Waals surface area contributed by atoms with E-state index in [1.807, 2.05) is 44.2 Å². The lowest BCUT2D eigenvalue weighted by Crippen LogP contribution is -2.33. The summed E-state index contributed by atoms with van der Waals surface area (Å²) in [5, 5.41) is 9.82. The molecule has 0 spiro atoms. The Kier molecular flexibility index (Phi) is 7.60. The van der Waals surface area contributed by atoms with E-state index in [2.05, 4.69) is 24.8 Å². The zero-order chi connectivity index (χ0) is 23.3. The lowest BCUT2D eigenvalue weighted by molar-refractivity contribution is 0.292. The van der Waals surface area contributed by atoms with Gasteiger partial charge in [-0.25, -0.2) is 0 Å². The molecule has 0 fully saturated rings. The number of hydrogen-bond acceptors (Lipinski definition) is 6. The SMILES string of the molecule is CCOc1ccc(C2C(C#N)=C(N)Oc3cc(C)n(CCCN(CC)CC)c(=O)c32)cc1. The monoisotopic (exact) mass is 436 g/mol. The number of allylic oxidation sites excluding steroid dienone is 1. The van der Waals surface area contributed by atoms with E-state index in [9.17, 15) is 10.1 Å². The molecule has 1 unspecified atom stereocenters. The summed E-state index contributed by atoms with van der Waals surface area (Å²) in [7, 11) is 0. The van der Waals surface area contributed by atoms with E-state index in [1.54, 1.807) is 4.57 Å². The summed E-state index contributed by atoms with van der Waals surface area (Å²) in [6.45, 7) is 12.1. The molecule has 0 saturated heterocycles. The highest BCUT2D eigenvalue weighted by Crippen LogP contribution is 2.40. The largest absolute Gasteiger partial charge is 0.494 e. The highest BCUT2D eigenvalue weighted by atomic mass is 16.5. The summed E-state index contributed by atoms with van der Waals surface area (Å²) in [6, 6.07) is 11.4. The highest BCUT2D eigenvalue weighted by Gasteiger charge is 2.34. The van der Waals surface area contributed by atoms with Crippen LogP contribution < -0.4 is 20.8 Å². The van der Waals surface area contributed by atoms with Crippen molar-refractivity contribution in [2.45, 2.75) is 46.6 Å². The molecule has 170 valence electrons. The topological polar surface area (TPSA) is 93.5 Å². The van der Waals surface area contributed by atoms with Crippen molar-refractivity contribution < 1.29 is 9.47 Å². The van der Waals surface area contributed by atoms with Crippen LogP contribution in [0.25, 0.3) is 0 Å². The van der Waals surface area contributed by atoms with Crippen LogP contribution in [0.5, 0.6) is 11.5 Å². The van der Waals surface area contributed by atoms with Crippen LogP contribution >= 0.6 is 0 Å². The van der Waals surface area contributed by atoms with E-state index in [1.165, 1.54) is 0 Å². The van der Waals surface area contributed by atoms with Gasteiger partial charge >= 0.3 is 0 Å². The molecule has 1 aliphatic heterocycles. The lowest BCUT2D eigenvalue weighted by Gasteiger charge is -2.27. The number of aryl methyl sites for hydroxylation is 1. The first-order chi connectivity index (χ1) is 15.4. The Labute approximate surface area is 189 Å². The van der Waals surface area contributed by atoms with Crippen LogP contribution in [-0.4, -0.2) is 35.7 Å². The molecular formula is C25H32N4O3. The number of pyridine rings is 1. The maximum absolute atomic E-state index is 13.6. The minimum absolute atomic E-state index is 0.0389. The third-order valence-electron chi connectivity index (χ3n) is 5.96. The van der Waals surface area contributed by atoms with Crippen molar-refractivity contribution in [1.29, 1.82) is 5.26 Å². The first-order valence-electron chi connectivity index (χ1n) is 11.2. The lowest BCUT2D eigenvalue weighted by atomic mass is 9.84. The molecule has 1 atom stereocenters. The van der Waals surface area contributed by atoms with Crippen molar-refractivity contribution in [2.75, 3.05) is 26.2 Å². The van der Waals surface area contributed by atoms with Crippen LogP contribution in [0.4, 0.5) is 0 Å². The molecular weight excluding hydrogens is 404 g/mol. The van der Waals surface area contributed by atoms with Crippen LogP contribution in [0.15, 0.2) is 46.6 Å². The second-order valence-corrected chi connectivity index (χ2v) is 7.83. The van der Waals surface area contributed by atoms with Crippen LogP contribution in [-0.2, 0) is 6.54 Å². The standard InChI is InChI=1S/C25H32N4O3/c1-5-28(6-2)13-8-14-29-17(4)15-21-23(25(29)30)22(20(16-26)24(27)32-21)18-9-11-19(12-10-18)31-7-3/h9-12,15,22H,5-8,13-14,27H2,1-4H3. The molecule has 3 rings (SSSR count). The molecule has 2 aromatic rings. The number of aromatic nitrogens is 1. The zero-order valence-corrected chi connectivity index (χ0v) is 19.4. The van der Waals surface area contributed by atoms with Crippen molar-refractivity contribution in [3.63, 3.8) is 0 Å². The maximum atomic E-state index is 13.6. The Morgan fingerprint density at radius 2 is 1.91 bits per heavy atom. The number of fused-ring (bicyclic) bond motifs is 1. The number of ether oxygens (including phenoxy) is 2. The van der Waals surface area contributed by atoms with Gasteiger partial charge in [-0.15, -0.1) is 0 Å². The average molecular weight is 437 g/mol. The van der Waals surface area contributed by atoms with Crippen molar-refractivity contribution in [1.82, 2.24) is 9.47 Å². The maximum Gasteiger partial charge on any atom is 0.258 e. The van der Waals surface area contributed by atoms with Gasteiger partial charge in [-0.3, -0.25) is 4.79 Å². The summed E-state index contributed by atoms with van der Waals surface area (Å²) in [5.41, 5.74) is 8.26.